The van der Waals surface area contributed by atoms with E-state index in [-0.39, 0.29) is 11.8 Å². The van der Waals surface area contributed by atoms with Crippen molar-refractivity contribution < 1.29 is 4.79 Å². The fraction of sp³-hybridized carbons (Fsp3) is 0.389. The molecule has 9 heteroatoms. The second kappa shape index (κ2) is 7.48. The largest absolute Gasteiger partial charge is 0.343 e. The summed E-state index contributed by atoms with van der Waals surface area (Å²) in [6.45, 7) is 3.52. The lowest BCUT2D eigenvalue weighted by Crippen LogP contribution is -2.36. The summed E-state index contributed by atoms with van der Waals surface area (Å²) >= 11 is 6.06. The zero-order chi connectivity index (χ0) is 18.8. The van der Waals surface area contributed by atoms with Gasteiger partial charge < -0.3 is 4.90 Å². The molecule has 3 heterocycles. The Morgan fingerprint density at radius 3 is 2.41 bits per heavy atom. The van der Waals surface area contributed by atoms with Gasteiger partial charge in [0.15, 0.2) is 5.82 Å². The third-order valence-electron chi connectivity index (χ3n) is 4.89. The van der Waals surface area contributed by atoms with Gasteiger partial charge in [-0.1, -0.05) is 11.6 Å². The van der Waals surface area contributed by atoms with Crippen LogP contribution >= 0.6 is 11.6 Å². The quantitative estimate of drug-likeness (QED) is 0.688. The molecule has 0 aliphatic carbocycles. The molecule has 0 saturated carbocycles. The van der Waals surface area contributed by atoms with Crippen molar-refractivity contribution in [1.29, 1.82) is 0 Å². The van der Waals surface area contributed by atoms with Gasteiger partial charge in [-0.25, -0.2) is 0 Å². The van der Waals surface area contributed by atoms with E-state index in [2.05, 4.69) is 25.0 Å². The fourth-order valence-electron chi connectivity index (χ4n) is 3.47. The molecule has 1 aromatic carbocycles. The van der Waals surface area contributed by atoms with E-state index in [0.717, 1.165) is 43.3 Å². The number of amides is 1. The van der Waals surface area contributed by atoms with E-state index in [0.29, 0.717) is 11.6 Å². The van der Waals surface area contributed by atoms with E-state index in [1.807, 2.05) is 29.2 Å². The summed E-state index contributed by atoms with van der Waals surface area (Å²) in [6, 6.07) is 7.63. The first-order valence-corrected chi connectivity index (χ1v) is 9.29. The molecule has 1 amide bonds. The number of nitrogens with zero attached hydrogens (tertiary/aromatic N) is 7. The molecule has 1 aliphatic rings. The number of hydrogen-bond donors (Lipinski definition) is 0. The summed E-state index contributed by atoms with van der Waals surface area (Å²) in [4.78, 5) is 15.1. The normalized spacial score (nSPS) is 15.3. The first kappa shape index (κ1) is 17.7. The first-order chi connectivity index (χ1) is 13.1. The standard InChI is InChI=1S/C18H20ClN7O/c1-13(27)24-10-6-14(7-11-24)18-23-22-17(12-25-20-8-9-21-25)26(18)16-4-2-15(19)3-5-16/h2-5,8-9,14H,6-7,10-12H2,1H3. The Morgan fingerprint density at radius 2 is 1.78 bits per heavy atom. The maximum Gasteiger partial charge on any atom is 0.219 e. The minimum absolute atomic E-state index is 0.123. The number of carbonyl (C=O) groups excluding carboxylic acids is 1. The minimum atomic E-state index is 0.123. The Labute approximate surface area is 161 Å². The Hall–Kier alpha value is -2.74. The molecule has 0 bridgehead atoms. The predicted octanol–water partition coefficient (Wildman–Crippen LogP) is 2.29. The lowest BCUT2D eigenvalue weighted by molar-refractivity contribution is -0.129. The topological polar surface area (TPSA) is 81.7 Å². The average Bonchev–Trinajstić information content (AvgIpc) is 3.33. The van der Waals surface area contributed by atoms with Crippen LogP contribution in [0, 0.1) is 0 Å². The number of aromatic nitrogens is 6. The molecule has 4 rings (SSSR count). The van der Waals surface area contributed by atoms with Gasteiger partial charge in [0.05, 0.1) is 12.4 Å². The van der Waals surface area contributed by atoms with Crippen LogP contribution in [-0.4, -0.2) is 53.7 Å². The molecule has 1 fully saturated rings. The zero-order valence-electron chi connectivity index (χ0n) is 15.0. The van der Waals surface area contributed by atoms with Gasteiger partial charge in [-0.2, -0.15) is 15.0 Å². The molecule has 1 saturated heterocycles. The van der Waals surface area contributed by atoms with Gasteiger partial charge in [-0.15, -0.1) is 10.2 Å². The van der Waals surface area contributed by atoms with Crippen molar-refractivity contribution in [3.63, 3.8) is 0 Å². The van der Waals surface area contributed by atoms with E-state index in [4.69, 9.17) is 11.6 Å². The maximum absolute atomic E-state index is 11.6. The molecule has 0 spiro atoms. The number of likely N-dealkylation sites (tertiary alicyclic amines) is 1. The van der Waals surface area contributed by atoms with E-state index >= 15 is 0 Å². The molecule has 0 radical (unpaired) electrons. The molecule has 1 aliphatic heterocycles. The monoisotopic (exact) mass is 385 g/mol. The number of hydrogen-bond acceptors (Lipinski definition) is 5. The summed E-state index contributed by atoms with van der Waals surface area (Å²) in [5.41, 5.74) is 0.954. The number of rotatable bonds is 4. The SMILES string of the molecule is CC(=O)N1CCC(c2nnc(Cn3nccn3)n2-c2ccc(Cl)cc2)CC1. The highest BCUT2D eigenvalue weighted by molar-refractivity contribution is 6.30. The van der Waals surface area contributed by atoms with Crippen LogP contribution in [0.5, 0.6) is 0 Å². The molecular formula is C18H20ClN7O. The van der Waals surface area contributed by atoms with Crippen LogP contribution in [0.2, 0.25) is 5.02 Å². The maximum atomic E-state index is 11.6. The highest BCUT2D eigenvalue weighted by atomic mass is 35.5. The lowest BCUT2D eigenvalue weighted by atomic mass is 9.95. The average molecular weight is 386 g/mol. The number of benzene rings is 1. The van der Waals surface area contributed by atoms with Crippen LogP contribution in [0.4, 0.5) is 0 Å². The Morgan fingerprint density at radius 1 is 1.11 bits per heavy atom. The summed E-state index contributed by atoms with van der Waals surface area (Å²) in [5.74, 6) is 2.03. The van der Waals surface area contributed by atoms with Gasteiger partial charge in [0.1, 0.15) is 12.4 Å². The Kier molecular flexibility index (Phi) is 4.89. The lowest BCUT2D eigenvalue weighted by Gasteiger charge is -2.31. The smallest absolute Gasteiger partial charge is 0.219 e. The number of piperidine rings is 1. The number of halogens is 1. The van der Waals surface area contributed by atoms with E-state index in [1.165, 1.54) is 0 Å². The highest BCUT2D eigenvalue weighted by Gasteiger charge is 2.27. The van der Waals surface area contributed by atoms with Gasteiger partial charge in [0.2, 0.25) is 5.91 Å². The molecule has 8 nitrogen and oxygen atoms in total. The van der Waals surface area contributed by atoms with Crippen molar-refractivity contribution in [1.82, 2.24) is 34.7 Å². The molecule has 2 aromatic heterocycles. The summed E-state index contributed by atoms with van der Waals surface area (Å²) in [6.07, 6.45) is 5.01. The van der Waals surface area contributed by atoms with Crippen molar-refractivity contribution in [3.05, 3.63) is 53.3 Å². The molecule has 3 aromatic rings. The van der Waals surface area contributed by atoms with Crippen LogP contribution in [-0.2, 0) is 11.3 Å². The van der Waals surface area contributed by atoms with E-state index in [1.54, 1.807) is 24.1 Å². The van der Waals surface area contributed by atoms with Crippen molar-refractivity contribution in [2.24, 2.45) is 0 Å². The van der Waals surface area contributed by atoms with Gasteiger partial charge in [-0.05, 0) is 37.1 Å². The summed E-state index contributed by atoms with van der Waals surface area (Å²) in [7, 11) is 0. The Bertz CT molecular complexity index is 912. The zero-order valence-corrected chi connectivity index (χ0v) is 15.7. The van der Waals surface area contributed by atoms with Gasteiger partial charge >= 0.3 is 0 Å². The molecule has 0 atom stereocenters. The molecule has 27 heavy (non-hydrogen) atoms. The van der Waals surface area contributed by atoms with Crippen LogP contribution in [0.25, 0.3) is 5.69 Å². The highest BCUT2D eigenvalue weighted by Crippen LogP contribution is 2.29. The van der Waals surface area contributed by atoms with Gasteiger partial charge in [0, 0.05) is 36.6 Å². The first-order valence-electron chi connectivity index (χ1n) is 8.91. The van der Waals surface area contributed by atoms with Crippen LogP contribution in [0.3, 0.4) is 0 Å². The molecule has 0 N–H and O–H groups in total. The van der Waals surface area contributed by atoms with Gasteiger partial charge in [-0.3, -0.25) is 9.36 Å². The third-order valence-corrected chi connectivity index (χ3v) is 5.15. The van der Waals surface area contributed by atoms with Gasteiger partial charge in [0.25, 0.3) is 0 Å². The van der Waals surface area contributed by atoms with Crippen molar-refractivity contribution in [2.75, 3.05) is 13.1 Å². The minimum Gasteiger partial charge on any atom is -0.343 e. The van der Waals surface area contributed by atoms with Crippen LogP contribution in [0.1, 0.15) is 37.3 Å². The fourth-order valence-corrected chi connectivity index (χ4v) is 3.60. The summed E-state index contributed by atoms with van der Waals surface area (Å²) < 4.78 is 2.06. The predicted molar refractivity (Wildman–Crippen MR) is 99.7 cm³/mol. The van der Waals surface area contributed by atoms with Crippen molar-refractivity contribution >= 4 is 17.5 Å². The van der Waals surface area contributed by atoms with Crippen LogP contribution in [0.15, 0.2) is 36.7 Å². The molecule has 140 valence electrons. The second-order valence-corrected chi connectivity index (χ2v) is 7.06. The Balaban J connectivity index is 1.68. The third kappa shape index (κ3) is 3.71. The second-order valence-electron chi connectivity index (χ2n) is 6.63. The summed E-state index contributed by atoms with van der Waals surface area (Å²) in [5, 5.41) is 17.9. The molecular weight excluding hydrogens is 366 g/mol. The van der Waals surface area contributed by atoms with Crippen molar-refractivity contribution in [2.45, 2.75) is 32.2 Å². The van der Waals surface area contributed by atoms with E-state index < -0.39 is 0 Å². The van der Waals surface area contributed by atoms with E-state index in [9.17, 15) is 4.79 Å². The number of carbonyl (C=O) groups is 1. The van der Waals surface area contributed by atoms with Crippen molar-refractivity contribution in [3.8, 4) is 5.69 Å². The van der Waals surface area contributed by atoms with Crippen LogP contribution < -0.4 is 0 Å². The molecule has 0 unspecified atom stereocenters.